The number of ether oxygens (including phenoxy) is 1. The zero-order valence-electron chi connectivity index (χ0n) is 19.7. The molecule has 0 spiro atoms. The highest BCUT2D eigenvalue weighted by Gasteiger charge is 2.22. The highest BCUT2D eigenvalue weighted by atomic mass is 35.5. The van der Waals surface area contributed by atoms with E-state index < -0.39 is 29.9 Å². The summed E-state index contributed by atoms with van der Waals surface area (Å²) in [5, 5.41) is 15.5. The van der Waals surface area contributed by atoms with Crippen molar-refractivity contribution in [1.29, 1.82) is 0 Å². The Labute approximate surface area is 214 Å². The van der Waals surface area contributed by atoms with Crippen LogP contribution in [0, 0.1) is 0 Å². The molecule has 3 aromatic carbocycles. The normalized spacial score (nSPS) is 12.3. The molecule has 36 heavy (non-hydrogen) atoms. The Hall–Kier alpha value is -3.88. The van der Waals surface area contributed by atoms with Crippen molar-refractivity contribution < 1.29 is 24.2 Å². The van der Waals surface area contributed by atoms with Crippen LogP contribution in [0.25, 0.3) is 0 Å². The van der Waals surface area contributed by atoms with Crippen molar-refractivity contribution in [3.05, 3.63) is 94.5 Å². The molecule has 0 radical (unpaired) electrons. The fraction of sp³-hybridized carbons (Fsp3) is 0.222. The van der Waals surface area contributed by atoms with E-state index >= 15 is 0 Å². The maximum atomic E-state index is 12.9. The molecule has 9 heteroatoms. The number of nitrogens with one attached hydrogen (secondary N) is 2. The van der Waals surface area contributed by atoms with Crippen LogP contribution in [-0.4, -0.2) is 35.0 Å². The van der Waals surface area contributed by atoms with Crippen LogP contribution in [0.5, 0.6) is 5.75 Å². The molecule has 0 aliphatic heterocycles. The lowest BCUT2D eigenvalue weighted by molar-refractivity contribution is -0.139. The number of halogens is 1. The SMILES string of the molecule is C[C@H](N)C(=O)Nc1ccc(C(=O)N[C@@H](CCc2ccccc2)C(=O)O)cc1OCc1ccc(Cl)cc1. The van der Waals surface area contributed by atoms with Crippen molar-refractivity contribution >= 4 is 35.1 Å². The lowest BCUT2D eigenvalue weighted by atomic mass is 10.0. The van der Waals surface area contributed by atoms with Crippen LogP contribution >= 0.6 is 11.6 Å². The fourth-order valence-electron chi connectivity index (χ4n) is 3.33. The first-order valence-electron chi connectivity index (χ1n) is 11.4. The highest BCUT2D eigenvalue weighted by molar-refractivity contribution is 6.30. The zero-order chi connectivity index (χ0) is 26.1. The van der Waals surface area contributed by atoms with Gasteiger partial charge < -0.3 is 26.2 Å². The monoisotopic (exact) mass is 509 g/mol. The Morgan fingerprint density at radius 1 is 1.00 bits per heavy atom. The fourth-order valence-corrected chi connectivity index (χ4v) is 3.46. The second kappa shape index (κ2) is 12.7. The van der Waals surface area contributed by atoms with Crippen molar-refractivity contribution in [3.8, 4) is 5.75 Å². The van der Waals surface area contributed by atoms with Crippen LogP contribution in [-0.2, 0) is 22.6 Å². The summed E-state index contributed by atoms with van der Waals surface area (Å²) in [6, 6.07) is 19.1. The summed E-state index contributed by atoms with van der Waals surface area (Å²) in [6.45, 7) is 1.70. The van der Waals surface area contributed by atoms with Crippen molar-refractivity contribution in [2.45, 2.75) is 38.5 Å². The van der Waals surface area contributed by atoms with E-state index in [2.05, 4.69) is 10.6 Å². The van der Waals surface area contributed by atoms with Gasteiger partial charge in [-0.05, 0) is 61.2 Å². The number of carbonyl (C=O) groups is 3. The minimum atomic E-state index is -1.13. The lowest BCUT2D eigenvalue weighted by Crippen LogP contribution is -2.41. The number of rotatable bonds is 11. The third kappa shape index (κ3) is 7.83. The van der Waals surface area contributed by atoms with Gasteiger partial charge in [-0.25, -0.2) is 4.79 Å². The number of benzene rings is 3. The maximum absolute atomic E-state index is 12.9. The largest absolute Gasteiger partial charge is 0.487 e. The number of anilines is 1. The van der Waals surface area contributed by atoms with E-state index in [1.165, 1.54) is 18.2 Å². The average molecular weight is 510 g/mol. The molecule has 0 aliphatic rings. The summed E-state index contributed by atoms with van der Waals surface area (Å²) >= 11 is 5.93. The average Bonchev–Trinajstić information content (AvgIpc) is 2.87. The van der Waals surface area contributed by atoms with Gasteiger partial charge in [0.25, 0.3) is 5.91 Å². The molecule has 2 amide bonds. The van der Waals surface area contributed by atoms with E-state index in [1.54, 1.807) is 31.2 Å². The molecule has 0 saturated heterocycles. The van der Waals surface area contributed by atoms with E-state index in [4.69, 9.17) is 22.1 Å². The number of carbonyl (C=O) groups excluding carboxylic acids is 2. The van der Waals surface area contributed by atoms with Gasteiger partial charge in [0.05, 0.1) is 11.7 Å². The summed E-state index contributed by atoms with van der Waals surface area (Å²) < 4.78 is 5.90. The summed E-state index contributed by atoms with van der Waals surface area (Å²) in [5.74, 6) is -1.88. The number of hydrogen-bond donors (Lipinski definition) is 4. The molecule has 0 aromatic heterocycles. The first kappa shape index (κ1) is 26.7. The van der Waals surface area contributed by atoms with E-state index in [-0.39, 0.29) is 24.3 Å². The number of carboxylic acid groups (broad SMARTS) is 1. The van der Waals surface area contributed by atoms with Crippen molar-refractivity contribution in [2.24, 2.45) is 5.73 Å². The molecule has 3 aromatic rings. The van der Waals surface area contributed by atoms with E-state index in [0.717, 1.165) is 11.1 Å². The summed E-state index contributed by atoms with van der Waals surface area (Å²) in [4.78, 5) is 36.8. The van der Waals surface area contributed by atoms with Crippen molar-refractivity contribution in [3.63, 3.8) is 0 Å². The minimum absolute atomic E-state index is 0.151. The third-order valence-electron chi connectivity index (χ3n) is 5.39. The smallest absolute Gasteiger partial charge is 0.326 e. The van der Waals surface area contributed by atoms with Gasteiger partial charge in [0.2, 0.25) is 5.91 Å². The number of nitrogens with two attached hydrogens (primary N) is 1. The van der Waals surface area contributed by atoms with Gasteiger partial charge in [0, 0.05) is 10.6 Å². The van der Waals surface area contributed by atoms with Crippen LogP contribution in [0.15, 0.2) is 72.8 Å². The Morgan fingerprint density at radius 3 is 2.33 bits per heavy atom. The van der Waals surface area contributed by atoms with Crippen molar-refractivity contribution in [2.75, 3.05) is 5.32 Å². The van der Waals surface area contributed by atoms with Gasteiger partial charge in [-0.3, -0.25) is 9.59 Å². The highest BCUT2D eigenvalue weighted by Crippen LogP contribution is 2.27. The Kier molecular flexibility index (Phi) is 9.44. The van der Waals surface area contributed by atoms with Gasteiger partial charge in [0.15, 0.2) is 0 Å². The molecule has 188 valence electrons. The molecule has 5 N–H and O–H groups in total. The Balaban J connectivity index is 1.76. The number of aliphatic carboxylic acids is 1. The molecule has 2 atom stereocenters. The molecule has 0 heterocycles. The van der Waals surface area contributed by atoms with Crippen LogP contribution in [0.1, 0.15) is 34.8 Å². The third-order valence-corrected chi connectivity index (χ3v) is 5.64. The molecule has 0 aliphatic carbocycles. The predicted octanol–water partition coefficient (Wildman–Crippen LogP) is 4.02. The minimum Gasteiger partial charge on any atom is -0.487 e. The van der Waals surface area contributed by atoms with Crippen molar-refractivity contribution in [1.82, 2.24) is 5.32 Å². The molecule has 0 fully saturated rings. The van der Waals surface area contributed by atoms with Crippen LogP contribution < -0.4 is 21.1 Å². The standard InChI is InChI=1S/C27H28ClN3O5/c1-17(29)25(32)30-22-14-10-20(15-24(22)36-16-19-7-11-21(28)12-8-19)26(33)31-23(27(34)35)13-9-18-5-3-2-4-6-18/h2-8,10-12,14-15,17,23H,9,13,16,29H2,1H3,(H,30,32)(H,31,33)(H,34,35)/t17-,23-/m0/s1. The zero-order valence-corrected chi connectivity index (χ0v) is 20.5. The molecule has 0 saturated carbocycles. The summed E-state index contributed by atoms with van der Waals surface area (Å²) in [6.07, 6.45) is 0.726. The molecule has 3 rings (SSSR count). The van der Waals surface area contributed by atoms with Crippen LogP contribution in [0.2, 0.25) is 5.02 Å². The number of amides is 2. The first-order valence-corrected chi connectivity index (χ1v) is 11.8. The van der Waals surface area contributed by atoms with Crippen LogP contribution in [0.4, 0.5) is 5.69 Å². The van der Waals surface area contributed by atoms with E-state index in [0.29, 0.717) is 17.1 Å². The molecule has 0 bridgehead atoms. The molecular formula is C27H28ClN3O5. The second-order valence-corrected chi connectivity index (χ2v) is 8.73. The molecule has 0 unspecified atom stereocenters. The van der Waals surface area contributed by atoms with Gasteiger partial charge in [-0.15, -0.1) is 0 Å². The van der Waals surface area contributed by atoms with Crippen LogP contribution in [0.3, 0.4) is 0 Å². The topological polar surface area (TPSA) is 131 Å². The maximum Gasteiger partial charge on any atom is 0.326 e. The first-order chi connectivity index (χ1) is 17.2. The summed E-state index contributed by atoms with van der Waals surface area (Å²) in [5.41, 5.74) is 7.98. The predicted molar refractivity (Wildman–Crippen MR) is 138 cm³/mol. The Morgan fingerprint density at radius 2 is 1.69 bits per heavy atom. The molecular weight excluding hydrogens is 482 g/mol. The lowest BCUT2D eigenvalue weighted by Gasteiger charge is -2.17. The van der Waals surface area contributed by atoms with Gasteiger partial charge >= 0.3 is 5.97 Å². The number of carboxylic acids is 1. The van der Waals surface area contributed by atoms with Gasteiger partial charge in [0.1, 0.15) is 18.4 Å². The molecule has 8 nitrogen and oxygen atoms in total. The van der Waals surface area contributed by atoms with Gasteiger partial charge in [-0.2, -0.15) is 0 Å². The van der Waals surface area contributed by atoms with E-state index in [9.17, 15) is 19.5 Å². The van der Waals surface area contributed by atoms with E-state index in [1.807, 2.05) is 30.3 Å². The number of hydrogen-bond acceptors (Lipinski definition) is 5. The Bertz CT molecular complexity index is 1200. The second-order valence-electron chi connectivity index (χ2n) is 8.29. The summed E-state index contributed by atoms with van der Waals surface area (Å²) in [7, 11) is 0. The number of aryl methyl sites for hydroxylation is 1. The van der Waals surface area contributed by atoms with Gasteiger partial charge in [-0.1, -0.05) is 54.1 Å². The quantitative estimate of drug-likeness (QED) is 0.309.